The van der Waals surface area contributed by atoms with E-state index >= 15 is 0 Å². The molecule has 0 aliphatic rings. The minimum absolute atomic E-state index is 0.127. The lowest BCUT2D eigenvalue weighted by molar-refractivity contribution is -0.148. The van der Waals surface area contributed by atoms with E-state index in [-0.39, 0.29) is 12.5 Å². The molecule has 7 heteroatoms. The van der Waals surface area contributed by atoms with Crippen LogP contribution in [0.3, 0.4) is 0 Å². The standard InChI is InChI=1S/C13H16N2O5/c1-8(16)15-10-5-3-9(4-6-10)12(17)14-7-11(20-2)13(18)19/h3-6,11H,7H2,1-2H3,(H,14,17)(H,15,16)(H,18,19). The Morgan fingerprint density at radius 3 is 2.30 bits per heavy atom. The van der Waals surface area contributed by atoms with Crippen molar-refractivity contribution in [3.05, 3.63) is 29.8 Å². The fourth-order valence-corrected chi connectivity index (χ4v) is 1.47. The molecule has 108 valence electrons. The average Bonchev–Trinajstić information content (AvgIpc) is 2.39. The van der Waals surface area contributed by atoms with E-state index in [4.69, 9.17) is 9.84 Å². The van der Waals surface area contributed by atoms with Gasteiger partial charge in [0.05, 0.1) is 6.54 Å². The Kier molecular flexibility index (Phi) is 5.67. The summed E-state index contributed by atoms with van der Waals surface area (Å²) >= 11 is 0. The zero-order chi connectivity index (χ0) is 15.1. The van der Waals surface area contributed by atoms with Crippen LogP contribution in [0, 0.1) is 0 Å². The van der Waals surface area contributed by atoms with Gasteiger partial charge in [-0.1, -0.05) is 0 Å². The number of rotatable bonds is 6. The molecule has 0 aliphatic heterocycles. The summed E-state index contributed by atoms with van der Waals surface area (Å²) in [6, 6.07) is 6.23. The number of carbonyl (C=O) groups is 3. The molecule has 0 aliphatic carbocycles. The highest BCUT2D eigenvalue weighted by Crippen LogP contribution is 2.09. The SMILES string of the molecule is COC(CNC(=O)c1ccc(NC(C)=O)cc1)C(=O)O. The second kappa shape index (κ2) is 7.25. The van der Waals surface area contributed by atoms with Gasteiger partial charge >= 0.3 is 5.97 Å². The number of hydrogen-bond donors (Lipinski definition) is 3. The molecule has 20 heavy (non-hydrogen) atoms. The highest BCUT2D eigenvalue weighted by Gasteiger charge is 2.17. The molecule has 1 aromatic rings. The molecule has 1 rings (SSSR count). The van der Waals surface area contributed by atoms with E-state index in [1.54, 1.807) is 12.1 Å². The molecule has 7 nitrogen and oxygen atoms in total. The first-order valence-electron chi connectivity index (χ1n) is 5.85. The summed E-state index contributed by atoms with van der Waals surface area (Å²) in [6.45, 7) is 1.26. The van der Waals surface area contributed by atoms with Gasteiger partial charge < -0.3 is 20.5 Å². The summed E-state index contributed by atoms with van der Waals surface area (Å²) in [7, 11) is 1.26. The Bertz CT molecular complexity index is 498. The molecule has 0 heterocycles. The van der Waals surface area contributed by atoms with Crippen molar-refractivity contribution >= 4 is 23.5 Å². The molecule has 0 saturated heterocycles. The monoisotopic (exact) mass is 280 g/mol. The Hall–Kier alpha value is -2.41. The van der Waals surface area contributed by atoms with Crippen molar-refractivity contribution in [2.75, 3.05) is 19.0 Å². The van der Waals surface area contributed by atoms with Gasteiger partial charge in [0.25, 0.3) is 5.91 Å². The Labute approximate surface area is 115 Å². The van der Waals surface area contributed by atoms with Crippen LogP contribution in [-0.2, 0) is 14.3 Å². The number of carboxylic acids is 1. The molecule has 0 aromatic heterocycles. The lowest BCUT2D eigenvalue weighted by atomic mass is 10.2. The highest BCUT2D eigenvalue weighted by molar-refractivity contribution is 5.95. The number of ether oxygens (including phenoxy) is 1. The second-order valence-corrected chi connectivity index (χ2v) is 4.03. The molecule has 0 radical (unpaired) electrons. The molecule has 1 atom stereocenters. The van der Waals surface area contributed by atoms with E-state index in [0.717, 1.165) is 0 Å². The van der Waals surface area contributed by atoms with Crippen molar-refractivity contribution in [1.29, 1.82) is 0 Å². The van der Waals surface area contributed by atoms with Crippen LogP contribution < -0.4 is 10.6 Å². The van der Waals surface area contributed by atoms with Gasteiger partial charge in [-0.2, -0.15) is 0 Å². The van der Waals surface area contributed by atoms with Gasteiger partial charge in [-0.05, 0) is 24.3 Å². The molecule has 3 N–H and O–H groups in total. The van der Waals surface area contributed by atoms with Crippen LogP contribution in [0.25, 0.3) is 0 Å². The fraction of sp³-hybridized carbons (Fsp3) is 0.308. The number of benzene rings is 1. The Balaban J connectivity index is 2.59. The zero-order valence-electron chi connectivity index (χ0n) is 11.2. The number of hydrogen-bond acceptors (Lipinski definition) is 4. The number of anilines is 1. The van der Waals surface area contributed by atoms with Crippen LogP contribution in [0.4, 0.5) is 5.69 Å². The molecule has 2 amide bonds. The number of amides is 2. The van der Waals surface area contributed by atoms with Gasteiger partial charge in [0.2, 0.25) is 5.91 Å². The first-order valence-corrected chi connectivity index (χ1v) is 5.85. The highest BCUT2D eigenvalue weighted by atomic mass is 16.5. The summed E-state index contributed by atoms with van der Waals surface area (Å²) in [5, 5.41) is 13.8. The summed E-state index contributed by atoms with van der Waals surface area (Å²) in [5.41, 5.74) is 0.939. The van der Waals surface area contributed by atoms with Gasteiger partial charge in [0.1, 0.15) is 0 Å². The van der Waals surface area contributed by atoms with Gasteiger partial charge in [-0.25, -0.2) is 4.79 Å². The Morgan fingerprint density at radius 2 is 1.85 bits per heavy atom. The summed E-state index contributed by atoms with van der Waals surface area (Å²) in [6.07, 6.45) is -1.09. The summed E-state index contributed by atoms with van der Waals surface area (Å²) in [5.74, 6) is -1.76. The second-order valence-electron chi connectivity index (χ2n) is 4.03. The largest absolute Gasteiger partial charge is 0.479 e. The molecule has 0 fully saturated rings. The minimum atomic E-state index is -1.14. The minimum Gasteiger partial charge on any atom is -0.479 e. The van der Waals surface area contributed by atoms with E-state index in [1.165, 1.54) is 26.2 Å². The first kappa shape index (κ1) is 15.6. The van der Waals surface area contributed by atoms with Crippen molar-refractivity contribution < 1.29 is 24.2 Å². The summed E-state index contributed by atoms with van der Waals surface area (Å²) in [4.78, 5) is 33.3. The molecule has 0 spiro atoms. The third-order valence-corrected chi connectivity index (χ3v) is 2.48. The molecular formula is C13H16N2O5. The summed E-state index contributed by atoms with van der Waals surface area (Å²) < 4.78 is 4.70. The predicted molar refractivity (Wildman–Crippen MR) is 71.5 cm³/mol. The maximum Gasteiger partial charge on any atom is 0.334 e. The van der Waals surface area contributed by atoms with E-state index in [9.17, 15) is 14.4 Å². The van der Waals surface area contributed by atoms with Crippen LogP contribution in [-0.4, -0.2) is 42.6 Å². The van der Waals surface area contributed by atoms with Crippen molar-refractivity contribution in [3.63, 3.8) is 0 Å². The lowest BCUT2D eigenvalue weighted by Crippen LogP contribution is -2.37. The van der Waals surface area contributed by atoms with Crippen LogP contribution in [0.1, 0.15) is 17.3 Å². The van der Waals surface area contributed by atoms with Crippen LogP contribution in [0.5, 0.6) is 0 Å². The number of methoxy groups -OCH3 is 1. The first-order chi connectivity index (χ1) is 9.43. The van der Waals surface area contributed by atoms with Crippen LogP contribution >= 0.6 is 0 Å². The van der Waals surface area contributed by atoms with E-state index in [1.807, 2.05) is 0 Å². The maximum absolute atomic E-state index is 11.8. The van der Waals surface area contributed by atoms with Crippen LogP contribution in [0.15, 0.2) is 24.3 Å². The van der Waals surface area contributed by atoms with Gasteiger partial charge in [0, 0.05) is 25.3 Å². The van der Waals surface area contributed by atoms with E-state index < -0.39 is 18.0 Å². The lowest BCUT2D eigenvalue weighted by Gasteiger charge is -2.11. The van der Waals surface area contributed by atoms with Crippen molar-refractivity contribution in [1.82, 2.24) is 5.32 Å². The Morgan fingerprint density at radius 1 is 1.25 bits per heavy atom. The van der Waals surface area contributed by atoms with E-state index in [0.29, 0.717) is 11.3 Å². The third-order valence-electron chi connectivity index (χ3n) is 2.48. The van der Waals surface area contributed by atoms with Gasteiger partial charge in [0.15, 0.2) is 6.10 Å². The van der Waals surface area contributed by atoms with Gasteiger partial charge in [-0.15, -0.1) is 0 Å². The predicted octanol–water partition coefficient (Wildman–Crippen LogP) is 0.474. The van der Waals surface area contributed by atoms with Crippen LogP contribution in [0.2, 0.25) is 0 Å². The average molecular weight is 280 g/mol. The van der Waals surface area contributed by atoms with Crippen molar-refractivity contribution in [3.8, 4) is 0 Å². The fourth-order valence-electron chi connectivity index (χ4n) is 1.47. The third kappa shape index (κ3) is 4.69. The van der Waals surface area contributed by atoms with E-state index in [2.05, 4.69) is 10.6 Å². The van der Waals surface area contributed by atoms with Crippen molar-refractivity contribution in [2.45, 2.75) is 13.0 Å². The maximum atomic E-state index is 11.8. The molecular weight excluding hydrogens is 264 g/mol. The molecule has 1 aromatic carbocycles. The van der Waals surface area contributed by atoms with Crippen molar-refractivity contribution in [2.24, 2.45) is 0 Å². The zero-order valence-corrected chi connectivity index (χ0v) is 11.2. The number of aliphatic carboxylic acids is 1. The topological polar surface area (TPSA) is 105 Å². The number of carbonyl (C=O) groups excluding carboxylic acids is 2. The van der Waals surface area contributed by atoms with Gasteiger partial charge in [-0.3, -0.25) is 9.59 Å². The normalized spacial score (nSPS) is 11.5. The molecule has 1 unspecified atom stereocenters. The number of nitrogens with one attached hydrogen (secondary N) is 2. The smallest absolute Gasteiger partial charge is 0.334 e. The number of carboxylic acid groups (broad SMARTS) is 1. The molecule has 0 bridgehead atoms. The molecule has 0 saturated carbocycles. The quantitative estimate of drug-likeness (QED) is 0.702.